The Morgan fingerprint density at radius 2 is 1.94 bits per heavy atom. The summed E-state index contributed by atoms with van der Waals surface area (Å²) in [6.07, 6.45) is 0. The summed E-state index contributed by atoms with van der Waals surface area (Å²) in [6, 6.07) is 4.73. The molecule has 0 aliphatic heterocycles. The van der Waals surface area contributed by atoms with E-state index in [0.29, 0.717) is 17.1 Å². The number of nitrogens with zero attached hydrogens (tertiary/aromatic N) is 1. The molecule has 0 saturated carbocycles. The van der Waals surface area contributed by atoms with Crippen LogP contribution in [0.5, 0.6) is 11.5 Å². The Bertz CT molecular complexity index is 458. The monoisotopic (exact) mass is 253 g/mol. The van der Waals surface area contributed by atoms with Crippen molar-refractivity contribution in [3.63, 3.8) is 0 Å². The number of carbonyl (C=O) groups is 2. The number of methoxy groups -OCH3 is 2. The Balaban J connectivity index is 3.01. The molecule has 0 spiro atoms. The second kappa shape index (κ2) is 5.90. The zero-order chi connectivity index (χ0) is 13.7. The van der Waals surface area contributed by atoms with Crippen molar-refractivity contribution in [2.75, 3.05) is 27.8 Å². The molecule has 1 aromatic carbocycles. The standard InChI is InChI=1S/C12H15NO5/c1-13(7-11(14)15)12(16)9-5-4-8(17-2)6-10(9)18-3/h4-6H,7H2,1-3H3,(H,14,15). The number of carbonyl (C=O) groups excluding carboxylic acids is 1. The summed E-state index contributed by atoms with van der Waals surface area (Å²) in [4.78, 5) is 23.7. The van der Waals surface area contributed by atoms with Gasteiger partial charge in [0.15, 0.2) is 0 Å². The number of carboxylic acid groups (broad SMARTS) is 1. The second-order valence-electron chi connectivity index (χ2n) is 3.62. The third kappa shape index (κ3) is 3.13. The first-order valence-corrected chi connectivity index (χ1v) is 5.19. The number of amides is 1. The number of aliphatic carboxylic acids is 1. The molecule has 6 nitrogen and oxygen atoms in total. The highest BCUT2D eigenvalue weighted by atomic mass is 16.5. The number of hydrogen-bond acceptors (Lipinski definition) is 4. The Hall–Kier alpha value is -2.24. The molecule has 6 heteroatoms. The first-order valence-electron chi connectivity index (χ1n) is 5.19. The van der Waals surface area contributed by atoms with Gasteiger partial charge in [-0.15, -0.1) is 0 Å². The minimum Gasteiger partial charge on any atom is -0.497 e. The molecule has 0 saturated heterocycles. The van der Waals surface area contributed by atoms with Crippen molar-refractivity contribution < 1.29 is 24.2 Å². The van der Waals surface area contributed by atoms with Gasteiger partial charge in [0.25, 0.3) is 5.91 Å². The lowest BCUT2D eigenvalue weighted by molar-refractivity contribution is -0.137. The fraction of sp³-hybridized carbons (Fsp3) is 0.333. The SMILES string of the molecule is COc1ccc(C(=O)N(C)CC(=O)O)c(OC)c1. The van der Waals surface area contributed by atoms with E-state index in [1.165, 1.54) is 21.3 Å². The molecule has 98 valence electrons. The fourth-order valence-corrected chi connectivity index (χ4v) is 1.46. The minimum absolute atomic E-state index is 0.294. The van der Waals surface area contributed by atoms with Crippen LogP contribution in [0.4, 0.5) is 0 Å². The van der Waals surface area contributed by atoms with Crippen LogP contribution in [-0.4, -0.2) is 49.7 Å². The van der Waals surface area contributed by atoms with Crippen LogP contribution in [0.2, 0.25) is 0 Å². The van der Waals surface area contributed by atoms with E-state index in [0.717, 1.165) is 4.90 Å². The van der Waals surface area contributed by atoms with Gasteiger partial charge in [-0.1, -0.05) is 0 Å². The maximum absolute atomic E-state index is 12.0. The van der Waals surface area contributed by atoms with Crippen LogP contribution in [0.15, 0.2) is 18.2 Å². The molecule has 18 heavy (non-hydrogen) atoms. The normalized spacial score (nSPS) is 9.72. The van der Waals surface area contributed by atoms with E-state index in [4.69, 9.17) is 14.6 Å². The Morgan fingerprint density at radius 3 is 2.44 bits per heavy atom. The quantitative estimate of drug-likeness (QED) is 0.842. The van der Waals surface area contributed by atoms with Gasteiger partial charge in [0.1, 0.15) is 18.0 Å². The molecule has 0 bridgehead atoms. The number of rotatable bonds is 5. The third-order valence-corrected chi connectivity index (χ3v) is 2.36. The van der Waals surface area contributed by atoms with Crippen molar-refractivity contribution in [1.29, 1.82) is 0 Å². The van der Waals surface area contributed by atoms with E-state index < -0.39 is 11.9 Å². The second-order valence-corrected chi connectivity index (χ2v) is 3.62. The first kappa shape index (κ1) is 13.8. The molecule has 0 heterocycles. The van der Waals surface area contributed by atoms with Gasteiger partial charge in [0.05, 0.1) is 19.8 Å². The van der Waals surface area contributed by atoms with Crippen LogP contribution < -0.4 is 9.47 Å². The molecule has 1 aromatic rings. The molecule has 0 atom stereocenters. The van der Waals surface area contributed by atoms with Crippen LogP contribution in [0.3, 0.4) is 0 Å². The Kier molecular flexibility index (Phi) is 4.53. The summed E-state index contributed by atoms with van der Waals surface area (Å²) in [5, 5.41) is 8.64. The number of hydrogen-bond donors (Lipinski definition) is 1. The van der Waals surface area contributed by atoms with Gasteiger partial charge in [-0.05, 0) is 12.1 Å². The summed E-state index contributed by atoms with van der Waals surface area (Å²) in [5.41, 5.74) is 0.294. The van der Waals surface area contributed by atoms with Crippen molar-refractivity contribution in [2.24, 2.45) is 0 Å². The molecule has 0 unspecified atom stereocenters. The van der Waals surface area contributed by atoms with Crippen LogP contribution in [0.1, 0.15) is 10.4 Å². The van der Waals surface area contributed by atoms with Crippen LogP contribution >= 0.6 is 0 Å². The summed E-state index contributed by atoms with van der Waals surface area (Å²) in [7, 11) is 4.36. The van der Waals surface area contributed by atoms with Crippen molar-refractivity contribution in [2.45, 2.75) is 0 Å². The predicted octanol–water partition coefficient (Wildman–Crippen LogP) is 0.860. The summed E-state index contributed by atoms with van der Waals surface area (Å²) in [6.45, 7) is -0.367. The Morgan fingerprint density at radius 1 is 1.28 bits per heavy atom. The van der Waals surface area contributed by atoms with Crippen molar-refractivity contribution in [3.8, 4) is 11.5 Å². The smallest absolute Gasteiger partial charge is 0.323 e. The molecule has 0 radical (unpaired) electrons. The highest BCUT2D eigenvalue weighted by Crippen LogP contribution is 2.25. The summed E-state index contributed by atoms with van der Waals surface area (Å²) >= 11 is 0. The van der Waals surface area contributed by atoms with Gasteiger partial charge < -0.3 is 19.5 Å². The van der Waals surface area contributed by atoms with E-state index in [1.807, 2.05) is 0 Å². The van der Waals surface area contributed by atoms with Crippen molar-refractivity contribution >= 4 is 11.9 Å². The molecule has 1 amide bonds. The molecule has 0 aliphatic carbocycles. The number of carboxylic acids is 1. The average Bonchev–Trinajstić information content (AvgIpc) is 2.36. The summed E-state index contributed by atoms with van der Waals surface area (Å²) in [5.74, 6) is -0.587. The maximum atomic E-state index is 12.0. The largest absolute Gasteiger partial charge is 0.497 e. The number of ether oxygens (including phenoxy) is 2. The van der Waals surface area contributed by atoms with Gasteiger partial charge in [0.2, 0.25) is 0 Å². The van der Waals surface area contributed by atoms with E-state index in [2.05, 4.69) is 0 Å². The van der Waals surface area contributed by atoms with E-state index >= 15 is 0 Å². The first-order chi connectivity index (χ1) is 8.49. The zero-order valence-electron chi connectivity index (χ0n) is 10.5. The third-order valence-electron chi connectivity index (χ3n) is 2.36. The van der Waals surface area contributed by atoms with Gasteiger partial charge >= 0.3 is 5.97 Å². The molecule has 1 N–H and O–H groups in total. The topological polar surface area (TPSA) is 76.1 Å². The molecule has 0 aliphatic rings. The van der Waals surface area contributed by atoms with Crippen LogP contribution in [-0.2, 0) is 4.79 Å². The molecule has 1 rings (SSSR count). The number of benzene rings is 1. The predicted molar refractivity (Wildman–Crippen MR) is 64.1 cm³/mol. The molecule has 0 aromatic heterocycles. The average molecular weight is 253 g/mol. The van der Waals surface area contributed by atoms with Crippen LogP contribution in [0, 0.1) is 0 Å². The van der Waals surface area contributed by atoms with Gasteiger partial charge in [-0.25, -0.2) is 0 Å². The van der Waals surface area contributed by atoms with Crippen molar-refractivity contribution in [3.05, 3.63) is 23.8 Å². The van der Waals surface area contributed by atoms with Gasteiger partial charge in [-0.3, -0.25) is 9.59 Å². The van der Waals surface area contributed by atoms with Crippen LogP contribution in [0.25, 0.3) is 0 Å². The molecular formula is C12H15NO5. The van der Waals surface area contributed by atoms with Gasteiger partial charge in [0, 0.05) is 13.1 Å². The highest BCUT2D eigenvalue weighted by Gasteiger charge is 2.18. The zero-order valence-corrected chi connectivity index (χ0v) is 10.5. The minimum atomic E-state index is -1.07. The van der Waals surface area contributed by atoms with E-state index in [1.54, 1.807) is 18.2 Å². The lowest BCUT2D eigenvalue weighted by atomic mass is 10.1. The summed E-state index contributed by atoms with van der Waals surface area (Å²) < 4.78 is 10.1. The molecule has 0 fully saturated rings. The lowest BCUT2D eigenvalue weighted by Gasteiger charge is -2.16. The van der Waals surface area contributed by atoms with E-state index in [9.17, 15) is 9.59 Å². The Labute approximate surface area is 105 Å². The maximum Gasteiger partial charge on any atom is 0.323 e. The highest BCUT2D eigenvalue weighted by molar-refractivity contribution is 5.98. The number of likely N-dealkylation sites (N-methyl/N-ethyl adjacent to an activating group) is 1. The lowest BCUT2D eigenvalue weighted by Crippen LogP contribution is -2.32. The van der Waals surface area contributed by atoms with Gasteiger partial charge in [-0.2, -0.15) is 0 Å². The molecular weight excluding hydrogens is 238 g/mol. The fourth-order valence-electron chi connectivity index (χ4n) is 1.46. The van der Waals surface area contributed by atoms with E-state index in [-0.39, 0.29) is 6.54 Å². The van der Waals surface area contributed by atoms with Crippen molar-refractivity contribution in [1.82, 2.24) is 4.90 Å².